The minimum atomic E-state index is -5.21. The zero-order chi connectivity index (χ0) is 25.1. The summed E-state index contributed by atoms with van der Waals surface area (Å²) in [7, 11) is -5.21. The Labute approximate surface area is 197 Å². The SMILES string of the molecule is CC1NCc2cc(-c3ccc4c(=O)c(C(=O)OP(=O)(O)O)cn(C5CC5)c4c3OC(F)F)ccc21. The van der Waals surface area contributed by atoms with E-state index in [1.165, 1.54) is 16.7 Å². The first-order chi connectivity index (χ1) is 16.5. The molecule has 2 heterocycles. The molecule has 3 N–H and O–H groups in total. The summed E-state index contributed by atoms with van der Waals surface area (Å²) in [5, 5.41) is 3.21. The number of carbonyl (C=O) groups is 1. The van der Waals surface area contributed by atoms with Crippen LogP contribution in [0.5, 0.6) is 5.75 Å². The van der Waals surface area contributed by atoms with Crippen LogP contribution in [0.25, 0.3) is 22.0 Å². The van der Waals surface area contributed by atoms with Gasteiger partial charge in [0.05, 0.1) is 10.9 Å². The van der Waals surface area contributed by atoms with Crippen molar-refractivity contribution in [2.75, 3.05) is 0 Å². The summed E-state index contributed by atoms with van der Waals surface area (Å²) in [5.74, 6) is -1.71. The van der Waals surface area contributed by atoms with Crippen molar-refractivity contribution in [1.82, 2.24) is 9.88 Å². The van der Waals surface area contributed by atoms with Crippen molar-refractivity contribution in [3.63, 3.8) is 0 Å². The zero-order valence-corrected chi connectivity index (χ0v) is 19.3. The summed E-state index contributed by atoms with van der Waals surface area (Å²) >= 11 is 0. The molecule has 1 aliphatic carbocycles. The lowest BCUT2D eigenvalue weighted by atomic mass is 9.96. The summed E-state index contributed by atoms with van der Waals surface area (Å²) in [6.07, 6.45) is 2.41. The molecule has 9 nitrogen and oxygen atoms in total. The van der Waals surface area contributed by atoms with Crippen molar-refractivity contribution in [3.8, 4) is 16.9 Å². The topological polar surface area (TPSA) is 127 Å². The van der Waals surface area contributed by atoms with Crippen LogP contribution in [-0.4, -0.2) is 26.9 Å². The van der Waals surface area contributed by atoms with Gasteiger partial charge in [0.25, 0.3) is 0 Å². The van der Waals surface area contributed by atoms with E-state index in [-0.39, 0.29) is 28.7 Å². The number of aromatic nitrogens is 1. The van der Waals surface area contributed by atoms with E-state index in [4.69, 9.17) is 14.5 Å². The Balaban J connectivity index is 1.75. The van der Waals surface area contributed by atoms with Crippen molar-refractivity contribution in [2.45, 2.75) is 45.0 Å². The van der Waals surface area contributed by atoms with E-state index in [2.05, 4.69) is 9.84 Å². The van der Waals surface area contributed by atoms with Crippen molar-refractivity contribution in [3.05, 3.63) is 63.4 Å². The van der Waals surface area contributed by atoms with Gasteiger partial charge in [0, 0.05) is 30.4 Å². The molecule has 3 aromatic rings. The molecule has 0 spiro atoms. The van der Waals surface area contributed by atoms with Gasteiger partial charge in [-0.15, -0.1) is 0 Å². The Morgan fingerprint density at radius 3 is 2.63 bits per heavy atom. The molecule has 1 atom stereocenters. The number of carbonyl (C=O) groups excluding carboxylic acids is 1. The van der Waals surface area contributed by atoms with Crippen LogP contribution < -0.4 is 15.5 Å². The number of ether oxygens (including phenoxy) is 1. The van der Waals surface area contributed by atoms with E-state index in [9.17, 15) is 22.9 Å². The molecule has 5 rings (SSSR count). The summed E-state index contributed by atoms with van der Waals surface area (Å²) in [5.41, 5.74) is 1.66. The average molecular weight is 506 g/mol. The number of fused-ring (bicyclic) bond motifs is 2. The standard InChI is InChI=1S/C23H21F2N2O7P/c1-11-15-5-2-12(8-13(15)9-26-11)16-6-7-17-19(21(16)33-23(24)25)27(14-3-4-14)10-18(20(17)28)22(29)34-35(30,31)32/h2,5-8,10-11,14,23,26H,3-4,9H2,1H3,(H2,30,31,32). The van der Waals surface area contributed by atoms with E-state index in [1.54, 1.807) is 6.07 Å². The van der Waals surface area contributed by atoms with Crippen LogP contribution in [-0.2, 0) is 15.6 Å². The van der Waals surface area contributed by atoms with Crippen LogP contribution in [0.2, 0.25) is 0 Å². The maximum atomic E-state index is 13.6. The summed E-state index contributed by atoms with van der Waals surface area (Å²) in [6.45, 7) is -0.533. The van der Waals surface area contributed by atoms with E-state index < -0.39 is 31.4 Å². The van der Waals surface area contributed by atoms with Gasteiger partial charge in [-0.25, -0.2) is 9.36 Å². The molecule has 0 bridgehead atoms. The molecular weight excluding hydrogens is 485 g/mol. The number of phosphoric ester groups is 1. The number of nitrogens with zero attached hydrogens (tertiary/aromatic N) is 1. The molecule has 2 aliphatic rings. The number of benzene rings is 2. The number of hydrogen-bond donors (Lipinski definition) is 3. The predicted molar refractivity (Wildman–Crippen MR) is 121 cm³/mol. The third-order valence-electron chi connectivity index (χ3n) is 6.24. The Morgan fingerprint density at radius 2 is 1.97 bits per heavy atom. The molecule has 1 fully saturated rings. The van der Waals surface area contributed by atoms with Crippen LogP contribution in [0.3, 0.4) is 0 Å². The zero-order valence-electron chi connectivity index (χ0n) is 18.4. The van der Waals surface area contributed by atoms with Gasteiger partial charge in [-0.1, -0.05) is 12.1 Å². The third-order valence-corrected chi connectivity index (χ3v) is 6.64. The van der Waals surface area contributed by atoms with Gasteiger partial charge in [0.15, 0.2) is 5.75 Å². The maximum Gasteiger partial charge on any atom is 0.527 e. The molecule has 0 saturated heterocycles. The molecule has 1 aliphatic heterocycles. The number of phosphoric acid groups is 1. The second-order valence-electron chi connectivity index (χ2n) is 8.61. The molecule has 1 aromatic heterocycles. The Bertz CT molecular complexity index is 1460. The lowest BCUT2D eigenvalue weighted by molar-refractivity contribution is -0.0486. The second-order valence-corrected chi connectivity index (χ2v) is 9.78. The van der Waals surface area contributed by atoms with Gasteiger partial charge < -0.3 is 19.1 Å². The van der Waals surface area contributed by atoms with Crippen LogP contribution in [0.15, 0.2) is 41.3 Å². The van der Waals surface area contributed by atoms with E-state index in [1.807, 2.05) is 19.1 Å². The monoisotopic (exact) mass is 506 g/mol. The smallest absolute Gasteiger partial charge is 0.432 e. The van der Waals surface area contributed by atoms with Crippen LogP contribution in [0, 0.1) is 0 Å². The molecule has 2 aromatic carbocycles. The van der Waals surface area contributed by atoms with Gasteiger partial charge >= 0.3 is 20.4 Å². The molecule has 1 saturated carbocycles. The highest BCUT2D eigenvalue weighted by Gasteiger charge is 2.32. The minimum absolute atomic E-state index is 0.0787. The van der Waals surface area contributed by atoms with Gasteiger partial charge in [-0.2, -0.15) is 8.78 Å². The maximum absolute atomic E-state index is 13.6. The fraction of sp³-hybridized carbons (Fsp3) is 0.304. The van der Waals surface area contributed by atoms with Crippen molar-refractivity contribution in [2.24, 2.45) is 0 Å². The van der Waals surface area contributed by atoms with Crippen molar-refractivity contribution >= 4 is 24.7 Å². The van der Waals surface area contributed by atoms with Gasteiger partial charge in [-0.3, -0.25) is 14.6 Å². The second kappa shape index (κ2) is 8.53. The van der Waals surface area contributed by atoms with Gasteiger partial charge in [-0.05, 0) is 54.7 Å². The number of halogens is 2. The molecular formula is C23H21F2N2O7P. The summed E-state index contributed by atoms with van der Waals surface area (Å²) < 4.78 is 48.8. The van der Waals surface area contributed by atoms with Crippen molar-refractivity contribution < 1.29 is 37.2 Å². The van der Waals surface area contributed by atoms with E-state index >= 15 is 0 Å². The first kappa shape index (κ1) is 23.6. The summed E-state index contributed by atoms with van der Waals surface area (Å²) in [6, 6.07) is 8.42. The normalized spacial score (nSPS) is 17.6. The van der Waals surface area contributed by atoms with E-state index in [0.29, 0.717) is 30.5 Å². The molecule has 0 radical (unpaired) electrons. The highest BCUT2D eigenvalue weighted by atomic mass is 31.2. The first-order valence-corrected chi connectivity index (χ1v) is 12.4. The molecule has 1 unspecified atom stereocenters. The molecule has 35 heavy (non-hydrogen) atoms. The van der Waals surface area contributed by atoms with Gasteiger partial charge in [0.1, 0.15) is 5.56 Å². The number of hydrogen-bond acceptors (Lipinski definition) is 6. The predicted octanol–water partition coefficient (Wildman–Crippen LogP) is 4.02. The number of pyridine rings is 1. The van der Waals surface area contributed by atoms with E-state index in [0.717, 1.165) is 17.3 Å². The fourth-order valence-corrected chi connectivity index (χ4v) is 4.83. The molecule has 0 amide bonds. The molecule has 12 heteroatoms. The number of alkyl halides is 2. The number of nitrogens with one attached hydrogen (secondary N) is 1. The van der Waals surface area contributed by atoms with Gasteiger partial charge in [0.2, 0.25) is 5.43 Å². The fourth-order valence-electron chi connectivity index (χ4n) is 4.52. The lowest BCUT2D eigenvalue weighted by Gasteiger charge is -2.19. The Kier molecular flexibility index (Phi) is 5.76. The lowest BCUT2D eigenvalue weighted by Crippen LogP contribution is -2.21. The van der Waals surface area contributed by atoms with Crippen molar-refractivity contribution in [1.29, 1.82) is 0 Å². The minimum Gasteiger partial charge on any atom is -0.432 e. The third kappa shape index (κ3) is 4.48. The van der Waals surface area contributed by atoms with Crippen LogP contribution in [0.1, 0.15) is 53.3 Å². The number of rotatable bonds is 6. The van der Waals surface area contributed by atoms with Crippen LogP contribution in [0.4, 0.5) is 8.78 Å². The average Bonchev–Trinajstić information content (AvgIpc) is 3.55. The molecule has 184 valence electrons. The van der Waals surface area contributed by atoms with Crippen LogP contribution >= 0.6 is 7.82 Å². The highest BCUT2D eigenvalue weighted by Crippen LogP contribution is 2.44. The largest absolute Gasteiger partial charge is 0.527 e. The first-order valence-electron chi connectivity index (χ1n) is 10.9. The highest BCUT2D eigenvalue weighted by molar-refractivity contribution is 7.46. The quantitative estimate of drug-likeness (QED) is 0.428. The summed E-state index contributed by atoms with van der Waals surface area (Å²) in [4.78, 5) is 43.4. The Hall–Kier alpha value is -3.11. The Morgan fingerprint density at radius 1 is 1.23 bits per heavy atom.